The van der Waals surface area contributed by atoms with E-state index in [2.05, 4.69) is 15.5 Å². The first-order valence-corrected chi connectivity index (χ1v) is 8.03. The smallest absolute Gasteiger partial charge is 0.325 e. The molecule has 24 heavy (non-hydrogen) atoms. The van der Waals surface area contributed by atoms with Gasteiger partial charge in [0, 0.05) is 6.54 Å². The maximum Gasteiger partial charge on any atom is 0.325 e. The van der Waals surface area contributed by atoms with Crippen LogP contribution >= 0.6 is 0 Å². The Bertz CT molecular complexity index is 683. The first-order valence-electron chi connectivity index (χ1n) is 8.03. The molecule has 9 nitrogen and oxygen atoms in total. The third-order valence-electron chi connectivity index (χ3n) is 4.39. The predicted molar refractivity (Wildman–Crippen MR) is 81.7 cm³/mol. The third kappa shape index (κ3) is 2.85. The van der Waals surface area contributed by atoms with Crippen LogP contribution in [0.25, 0.3) is 0 Å². The van der Waals surface area contributed by atoms with Crippen LogP contribution in [0, 0.1) is 6.92 Å². The Morgan fingerprint density at radius 1 is 1.38 bits per heavy atom. The Hall–Kier alpha value is -2.45. The molecule has 1 aromatic heterocycles. The summed E-state index contributed by atoms with van der Waals surface area (Å²) < 4.78 is 5.21. The van der Waals surface area contributed by atoms with Gasteiger partial charge in [-0.15, -0.1) is 0 Å². The van der Waals surface area contributed by atoms with Gasteiger partial charge in [0.25, 0.3) is 5.91 Å². The summed E-state index contributed by atoms with van der Waals surface area (Å²) in [5.74, 6) is 0.219. The van der Waals surface area contributed by atoms with Gasteiger partial charge in [-0.05, 0) is 40.0 Å². The maximum atomic E-state index is 12.7. The quantitative estimate of drug-likeness (QED) is 0.817. The van der Waals surface area contributed by atoms with Crippen LogP contribution in [0.3, 0.4) is 0 Å². The number of urea groups is 1. The van der Waals surface area contributed by atoms with Crippen LogP contribution in [-0.2, 0) is 9.59 Å². The molecule has 0 bridgehead atoms. The molecule has 0 spiro atoms. The lowest BCUT2D eigenvalue weighted by molar-refractivity contribution is -0.141. The van der Waals surface area contributed by atoms with Gasteiger partial charge in [0.05, 0.1) is 0 Å². The number of hydrogen-bond acceptors (Lipinski definition) is 6. The number of carbonyl (C=O) groups excluding carboxylic acids is 3. The standard InChI is InChI=1S/C15H21N5O4/c1-9-16-12(24-18-9)10-6-4-5-7-19(10)11(21)8-20-13(22)15(2,3)17-14(20)23/h10H,4-8H2,1-3H3,(H,17,23). The second kappa shape index (κ2) is 5.88. The van der Waals surface area contributed by atoms with E-state index < -0.39 is 17.5 Å². The number of piperidine rings is 1. The van der Waals surface area contributed by atoms with Crippen molar-refractivity contribution in [2.24, 2.45) is 0 Å². The summed E-state index contributed by atoms with van der Waals surface area (Å²) in [5.41, 5.74) is -0.984. The molecule has 0 radical (unpaired) electrons. The summed E-state index contributed by atoms with van der Waals surface area (Å²) >= 11 is 0. The molecule has 4 amide bonds. The highest BCUT2D eigenvalue weighted by atomic mass is 16.5. The lowest BCUT2D eigenvalue weighted by Gasteiger charge is -2.34. The summed E-state index contributed by atoms with van der Waals surface area (Å²) in [7, 11) is 0. The number of hydrogen-bond donors (Lipinski definition) is 1. The van der Waals surface area contributed by atoms with Crippen LogP contribution in [0.15, 0.2) is 4.52 Å². The molecule has 0 saturated carbocycles. The summed E-state index contributed by atoms with van der Waals surface area (Å²) in [6.45, 7) is 5.21. The van der Waals surface area contributed by atoms with Crippen LogP contribution in [0.1, 0.15) is 50.9 Å². The summed E-state index contributed by atoms with van der Waals surface area (Å²) in [4.78, 5) is 43.7. The molecule has 1 unspecified atom stereocenters. The van der Waals surface area contributed by atoms with E-state index in [4.69, 9.17) is 4.52 Å². The molecule has 2 saturated heterocycles. The molecule has 1 N–H and O–H groups in total. The van der Waals surface area contributed by atoms with Crippen LogP contribution in [0.5, 0.6) is 0 Å². The SMILES string of the molecule is Cc1noc(C2CCCCN2C(=O)CN2C(=O)NC(C)(C)C2=O)n1. The van der Waals surface area contributed by atoms with Crippen LogP contribution in [0.2, 0.25) is 0 Å². The maximum absolute atomic E-state index is 12.7. The largest absolute Gasteiger partial charge is 0.337 e. The molecule has 130 valence electrons. The van der Waals surface area contributed by atoms with Crippen molar-refractivity contribution in [1.29, 1.82) is 0 Å². The van der Waals surface area contributed by atoms with E-state index in [-0.39, 0.29) is 18.5 Å². The topological polar surface area (TPSA) is 109 Å². The molecule has 2 aliphatic rings. The molecule has 2 fully saturated rings. The van der Waals surface area contributed by atoms with Crippen LogP contribution < -0.4 is 5.32 Å². The molecular weight excluding hydrogens is 314 g/mol. The van der Waals surface area contributed by atoms with Crippen LogP contribution in [0.4, 0.5) is 4.79 Å². The number of imide groups is 1. The van der Waals surface area contributed by atoms with Gasteiger partial charge in [-0.3, -0.25) is 14.5 Å². The summed E-state index contributed by atoms with van der Waals surface area (Å²) in [5, 5.41) is 6.35. The molecule has 3 heterocycles. The van der Waals surface area contributed by atoms with E-state index in [1.807, 2.05) is 0 Å². The van der Waals surface area contributed by atoms with Crippen LogP contribution in [-0.4, -0.2) is 56.4 Å². The van der Waals surface area contributed by atoms with Crippen molar-refractivity contribution < 1.29 is 18.9 Å². The van der Waals surface area contributed by atoms with Gasteiger partial charge >= 0.3 is 6.03 Å². The number of nitrogens with one attached hydrogen (secondary N) is 1. The molecule has 0 aliphatic carbocycles. The number of amides is 4. The fourth-order valence-electron chi connectivity index (χ4n) is 3.12. The molecule has 1 aromatic rings. The predicted octanol–water partition coefficient (Wildman–Crippen LogP) is 0.762. The molecule has 0 aromatic carbocycles. The number of carbonyl (C=O) groups is 3. The summed E-state index contributed by atoms with van der Waals surface area (Å²) in [6, 6.07) is -0.846. The highest BCUT2D eigenvalue weighted by Crippen LogP contribution is 2.30. The number of nitrogens with zero attached hydrogens (tertiary/aromatic N) is 4. The lowest BCUT2D eigenvalue weighted by Crippen LogP contribution is -2.47. The average molecular weight is 335 g/mol. The van der Waals surface area contributed by atoms with Gasteiger partial charge in [-0.1, -0.05) is 5.16 Å². The van der Waals surface area contributed by atoms with Gasteiger partial charge in [-0.25, -0.2) is 4.79 Å². The second-order valence-corrected chi connectivity index (χ2v) is 6.72. The second-order valence-electron chi connectivity index (χ2n) is 6.72. The van der Waals surface area contributed by atoms with Crippen molar-refractivity contribution in [2.75, 3.05) is 13.1 Å². The van der Waals surface area contributed by atoms with E-state index >= 15 is 0 Å². The summed E-state index contributed by atoms with van der Waals surface area (Å²) in [6.07, 6.45) is 2.53. The molecule has 1 atom stereocenters. The zero-order chi connectivity index (χ0) is 17.5. The Morgan fingerprint density at radius 2 is 2.12 bits per heavy atom. The van der Waals surface area contributed by atoms with Crippen molar-refractivity contribution in [3.8, 4) is 0 Å². The normalized spacial score (nSPS) is 23.5. The minimum Gasteiger partial charge on any atom is -0.337 e. The molecule has 9 heteroatoms. The molecule has 3 rings (SSSR count). The fourth-order valence-corrected chi connectivity index (χ4v) is 3.12. The minimum absolute atomic E-state index is 0.280. The van der Waals surface area contributed by atoms with Gasteiger partial charge in [0.15, 0.2) is 5.82 Å². The molecule has 2 aliphatic heterocycles. The first-order chi connectivity index (χ1) is 11.3. The number of likely N-dealkylation sites (tertiary alicyclic amines) is 1. The molecular formula is C15H21N5O4. The lowest BCUT2D eigenvalue weighted by atomic mass is 10.0. The minimum atomic E-state index is -0.984. The zero-order valence-corrected chi connectivity index (χ0v) is 14.0. The Balaban J connectivity index is 1.75. The van der Waals surface area contributed by atoms with E-state index in [9.17, 15) is 14.4 Å². The Morgan fingerprint density at radius 3 is 2.71 bits per heavy atom. The average Bonchev–Trinajstić information content (AvgIpc) is 3.04. The number of aromatic nitrogens is 2. The van der Waals surface area contributed by atoms with E-state index in [1.54, 1.807) is 25.7 Å². The van der Waals surface area contributed by atoms with E-state index in [0.29, 0.717) is 18.3 Å². The van der Waals surface area contributed by atoms with Crippen molar-refractivity contribution in [1.82, 2.24) is 25.3 Å². The van der Waals surface area contributed by atoms with Crippen molar-refractivity contribution in [3.63, 3.8) is 0 Å². The highest BCUT2D eigenvalue weighted by Gasteiger charge is 2.46. The number of aryl methyl sites for hydroxylation is 1. The first kappa shape index (κ1) is 16.4. The highest BCUT2D eigenvalue weighted by molar-refractivity contribution is 6.08. The van der Waals surface area contributed by atoms with Gasteiger partial charge in [0.2, 0.25) is 11.8 Å². The monoisotopic (exact) mass is 335 g/mol. The third-order valence-corrected chi connectivity index (χ3v) is 4.39. The fraction of sp³-hybridized carbons (Fsp3) is 0.667. The van der Waals surface area contributed by atoms with E-state index in [0.717, 1.165) is 24.2 Å². The van der Waals surface area contributed by atoms with Gasteiger partial charge in [0.1, 0.15) is 18.1 Å². The van der Waals surface area contributed by atoms with E-state index in [1.165, 1.54) is 0 Å². The Labute approximate surface area is 139 Å². The van der Waals surface area contributed by atoms with Gasteiger partial charge < -0.3 is 14.7 Å². The zero-order valence-electron chi connectivity index (χ0n) is 14.0. The van der Waals surface area contributed by atoms with Crippen molar-refractivity contribution in [3.05, 3.63) is 11.7 Å². The van der Waals surface area contributed by atoms with Crippen molar-refractivity contribution in [2.45, 2.75) is 51.6 Å². The Kier molecular flexibility index (Phi) is 4.02. The van der Waals surface area contributed by atoms with Crippen molar-refractivity contribution >= 4 is 17.8 Å². The number of rotatable bonds is 3. The van der Waals surface area contributed by atoms with Gasteiger partial charge in [-0.2, -0.15) is 4.98 Å².